The number of halogens is 2. The van der Waals surface area contributed by atoms with Gasteiger partial charge in [-0.15, -0.1) is 0 Å². The molecule has 14 heavy (non-hydrogen) atoms. The molecular weight excluding hydrogens is 203 g/mol. The minimum Gasteiger partial charge on any atom is -0.358 e. The molecule has 2 aromatic rings. The average Bonchev–Trinajstić information content (AvgIpc) is 2.58. The third-order valence-electron chi connectivity index (χ3n) is 2.09. The number of fused-ring (bicyclic) bond motifs is 1. The largest absolute Gasteiger partial charge is 0.358 e. The normalized spacial score (nSPS) is 10.4. The highest BCUT2D eigenvalue weighted by Gasteiger charge is 2.10. The Balaban J connectivity index is 2.78. The molecule has 2 rings (SSSR count). The van der Waals surface area contributed by atoms with Crippen molar-refractivity contribution >= 4 is 22.5 Å². The molecule has 4 heteroatoms. The maximum Gasteiger partial charge on any atom is 0.147 e. The molecule has 0 saturated heterocycles. The van der Waals surface area contributed by atoms with Crippen LogP contribution in [0.4, 0.5) is 4.39 Å². The summed E-state index contributed by atoms with van der Waals surface area (Å²) in [6.07, 6.45) is 1.84. The van der Waals surface area contributed by atoms with Gasteiger partial charge in [0.25, 0.3) is 0 Å². The van der Waals surface area contributed by atoms with Gasteiger partial charge < -0.3 is 4.98 Å². The van der Waals surface area contributed by atoms with Crippen LogP contribution in [0.15, 0.2) is 18.3 Å². The first-order chi connectivity index (χ1) is 6.74. The van der Waals surface area contributed by atoms with Crippen LogP contribution < -0.4 is 0 Å². The quantitative estimate of drug-likeness (QED) is 0.769. The first-order valence-corrected chi connectivity index (χ1v) is 4.42. The maximum absolute atomic E-state index is 13.2. The molecule has 0 aliphatic rings. The third kappa shape index (κ3) is 1.24. The number of hydrogen-bond donors (Lipinski definition) is 1. The van der Waals surface area contributed by atoms with E-state index in [0.29, 0.717) is 15.9 Å². The SMILES string of the molecule is N#CCc1c[nH]c2c(F)ccc(Cl)c12. The Morgan fingerprint density at radius 2 is 2.29 bits per heavy atom. The van der Waals surface area contributed by atoms with Crippen LogP contribution in [-0.2, 0) is 6.42 Å². The molecule has 70 valence electrons. The van der Waals surface area contributed by atoms with Gasteiger partial charge in [-0.3, -0.25) is 0 Å². The Labute approximate surface area is 84.9 Å². The molecule has 1 aromatic carbocycles. The van der Waals surface area contributed by atoms with Crippen LogP contribution >= 0.6 is 11.6 Å². The standard InChI is InChI=1S/C10H6ClFN2/c11-7-1-2-8(12)10-9(7)6(3-4-13)5-14-10/h1-2,5,14H,3H2. The minimum absolute atomic E-state index is 0.225. The highest BCUT2D eigenvalue weighted by Crippen LogP contribution is 2.28. The Kier molecular flexibility index (Phi) is 2.14. The van der Waals surface area contributed by atoms with Gasteiger partial charge in [-0.1, -0.05) is 11.6 Å². The molecular formula is C10H6ClFN2. The van der Waals surface area contributed by atoms with E-state index in [0.717, 1.165) is 5.56 Å². The lowest BCUT2D eigenvalue weighted by atomic mass is 10.1. The molecule has 2 nitrogen and oxygen atoms in total. The molecule has 0 bridgehead atoms. The number of nitrogens with one attached hydrogen (secondary N) is 1. The Morgan fingerprint density at radius 1 is 1.50 bits per heavy atom. The van der Waals surface area contributed by atoms with Crippen molar-refractivity contribution in [3.05, 3.63) is 34.7 Å². The van der Waals surface area contributed by atoms with Gasteiger partial charge in [0.1, 0.15) is 5.82 Å². The molecule has 0 fully saturated rings. The molecule has 1 heterocycles. The van der Waals surface area contributed by atoms with Crippen molar-refractivity contribution in [1.29, 1.82) is 5.26 Å². The third-order valence-corrected chi connectivity index (χ3v) is 2.40. The van der Waals surface area contributed by atoms with E-state index in [9.17, 15) is 4.39 Å². The molecule has 0 radical (unpaired) electrons. The first-order valence-electron chi connectivity index (χ1n) is 4.05. The lowest BCUT2D eigenvalue weighted by molar-refractivity contribution is 0.637. The summed E-state index contributed by atoms with van der Waals surface area (Å²) in [4.78, 5) is 2.77. The van der Waals surface area contributed by atoms with Crippen molar-refractivity contribution in [2.24, 2.45) is 0 Å². The second-order valence-electron chi connectivity index (χ2n) is 2.93. The summed E-state index contributed by atoms with van der Waals surface area (Å²) < 4.78 is 13.2. The van der Waals surface area contributed by atoms with Crippen molar-refractivity contribution < 1.29 is 4.39 Å². The average molecular weight is 209 g/mol. The zero-order valence-corrected chi connectivity index (χ0v) is 7.90. The smallest absolute Gasteiger partial charge is 0.147 e. The molecule has 0 unspecified atom stereocenters. The van der Waals surface area contributed by atoms with Crippen LogP contribution in [0.5, 0.6) is 0 Å². The highest BCUT2D eigenvalue weighted by atomic mass is 35.5. The predicted molar refractivity (Wildman–Crippen MR) is 52.6 cm³/mol. The number of nitrogens with zero attached hydrogens (tertiary/aromatic N) is 1. The van der Waals surface area contributed by atoms with Crippen molar-refractivity contribution in [2.75, 3.05) is 0 Å². The Bertz CT molecular complexity index is 525. The molecule has 0 spiro atoms. The van der Waals surface area contributed by atoms with Crippen molar-refractivity contribution in [1.82, 2.24) is 4.98 Å². The molecule has 0 saturated carbocycles. The number of rotatable bonds is 1. The molecule has 0 aliphatic carbocycles. The van der Waals surface area contributed by atoms with Gasteiger partial charge in [-0.2, -0.15) is 5.26 Å². The number of aromatic nitrogens is 1. The Hall–Kier alpha value is -1.53. The van der Waals surface area contributed by atoms with E-state index in [-0.39, 0.29) is 12.2 Å². The number of benzene rings is 1. The number of hydrogen-bond acceptors (Lipinski definition) is 1. The van der Waals surface area contributed by atoms with Crippen LogP contribution in [0.1, 0.15) is 5.56 Å². The Morgan fingerprint density at radius 3 is 3.00 bits per heavy atom. The lowest BCUT2D eigenvalue weighted by Gasteiger charge is -1.97. The van der Waals surface area contributed by atoms with E-state index < -0.39 is 0 Å². The molecule has 1 N–H and O–H groups in total. The summed E-state index contributed by atoms with van der Waals surface area (Å²) in [5, 5.41) is 9.63. The molecule has 1 aromatic heterocycles. The molecule has 0 aliphatic heterocycles. The summed E-state index contributed by atoms with van der Waals surface area (Å²) in [5.74, 6) is -0.353. The minimum atomic E-state index is -0.353. The van der Waals surface area contributed by atoms with Crippen LogP contribution in [0.25, 0.3) is 10.9 Å². The topological polar surface area (TPSA) is 39.6 Å². The monoisotopic (exact) mass is 208 g/mol. The lowest BCUT2D eigenvalue weighted by Crippen LogP contribution is -1.81. The van der Waals surface area contributed by atoms with Crippen LogP contribution in [0.3, 0.4) is 0 Å². The fourth-order valence-electron chi connectivity index (χ4n) is 1.46. The second kappa shape index (κ2) is 3.32. The van der Waals surface area contributed by atoms with E-state index in [4.69, 9.17) is 16.9 Å². The number of aromatic amines is 1. The maximum atomic E-state index is 13.2. The fraction of sp³-hybridized carbons (Fsp3) is 0.100. The summed E-state index contributed by atoms with van der Waals surface area (Å²) >= 11 is 5.92. The predicted octanol–water partition coefficient (Wildman–Crippen LogP) is 3.03. The zero-order valence-electron chi connectivity index (χ0n) is 7.14. The molecule has 0 amide bonds. The molecule has 0 atom stereocenters. The summed E-state index contributed by atoms with van der Waals surface area (Å²) in [7, 11) is 0. The summed E-state index contributed by atoms with van der Waals surface area (Å²) in [6, 6.07) is 4.80. The number of H-pyrrole nitrogens is 1. The summed E-state index contributed by atoms with van der Waals surface area (Å²) in [6.45, 7) is 0. The zero-order chi connectivity index (χ0) is 10.1. The highest BCUT2D eigenvalue weighted by molar-refractivity contribution is 6.35. The van der Waals surface area contributed by atoms with Gasteiger partial charge in [0.2, 0.25) is 0 Å². The van der Waals surface area contributed by atoms with E-state index in [1.54, 1.807) is 6.20 Å². The van der Waals surface area contributed by atoms with Gasteiger partial charge in [0.05, 0.1) is 23.0 Å². The van der Waals surface area contributed by atoms with E-state index >= 15 is 0 Å². The van der Waals surface area contributed by atoms with E-state index in [1.807, 2.05) is 6.07 Å². The fourth-order valence-corrected chi connectivity index (χ4v) is 1.74. The van der Waals surface area contributed by atoms with Crippen LogP contribution in [-0.4, -0.2) is 4.98 Å². The van der Waals surface area contributed by atoms with Gasteiger partial charge in [0, 0.05) is 11.6 Å². The van der Waals surface area contributed by atoms with Crippen LogP contribution in [0, 0.1) is 17.1 Å². The van der Waals surface area contributed by atoms with Gasteiger partial charge >= 0.3 is 0 Å². The second-order valence-corrected chi connectivity index (χ2v) is 3.34. The summed E-state index contributed by atoms with van der Waals surface area (Å²) in [5.41, 5.74) is 1.09. The van der Waals surface area contributed by atoms with Crippen molar-refractivity contribution in [3.63, 3.8) is 0 Å². The van der Waals surface area contributed by atoms with Gasteiger partial charge in [-0.25, -0.2) is 4.39 Å². The van der Waals surface area contributed by atoms with E-state index in [2.05, 4.69) is 4.98 Å². The van der Waals surface area contributed by atoms with Crippen LogP contribution in [0.2, 0.25) is 5.02 Å². The van der Waals surface area contributed by atoms with E-state index in [1.165, 1.54) is 12.1 Å². The van der Waals surface area contributed by atoms with Gasteiger partial charge in [-0.05, 0) is 17.7 Å². The van der Waals surface area contributed by atoms with Crippen molar-refractivity contribution in [3.8, 4) is 6.07 Å². The first kappa shape index (κ1) is 9.04. The number of nitriles is 1. The van der Waals surface area contributed by atoms with Gasteiger partial charge in [0.15, 0.2) is 0 Å². The van der Waals surface area contributed by atoms with Crippen molar-refractivity contribution in [2.45, 2.75) is 6.42 Å².